The van der Waals surface area contributed by atoms with E-state index in [1.165, 1.54) is 11.1 Å². The van der Waals surface area contributed by atoms with E-state index in [-0.39, 0.29) is 6.10 Å². The lowest BCUT2D eigenvalue weighted by molar-refractivity contribution is 0.163. The zero-order valence-electron chi connectivity index (χ0n) is 8.62. The summed E-state index contributed by atoms with van der Waals surface area (Å²) in [4.78, 5) is 0. The average Bonchev–Trinajstić information content (AvgIpc) is 2.47. The lowest BCUT2D eigenvalue weighted by atomic mass is 10.0. The Labute approximate surface area is 80.4 Å². The average molecular weight is 178 g/mol. The number of benzene rings is 1. The van der Waals surface area contributed by atoms with Gasteiger partial charge in [0.2, 0.25) is 0 Å². The second kappa shape index (κ2) is 4.43. The Morgan fingerprint density at radius 2 is 1.85 bits per heavy atom. The van der Waals surface area contributed by atoms with Gasteiger partial charge in [0.1, 0.15) is 0 Å². The highest BCUT2D eigenvalue weighted by Gasteiger charge is 2.26. The van der Waals surface area contributed by atoms with Gasteiger partial charge in [-0.2, -0.15) is 0 Å². The molecule has 0 aromatic heterocycles. The molecule has 1 heteroatoms. The number of rotatable bonds is 0. The molecule has 1 aromatic rings. The van der Waals surface area contributed by atoms with Gasteiger partial charge < -0.3 is 5.11 Å². The van der Waals surface area contributed by atoms with E-state index >= 15 is 0 Å². The molecule has 1 aliphatic rings. The summed E-state index contributed by atoms with van der Waals surface area (Å²) in [5.74, 6) is 0.325. The van der Waals surface area contributed by atoms with Gasteiger partial charge in [-0.15, -0.1) is 0 Å². The van der Waals surface area contributed by atoms with Crippen molar-refractivity contribution in [3.8, 4) is 0 Å². The summed E-state index contributed by atoms with van der Waals surface area (Å²) in [6.07, 6.45) is 0.671. The van der Waals surface area contributed by atoms with Crippen LogP contribution in [0.4, 0.5) is 0 Å². The second-order valence-corrected chi connectivity index (χ2v) is 3.26. The molecule has 2 rings (SSSR count). The van der Waals surface area contributed by atoms with Gasteiger partial charge in [0.05, 0.1) is 6.10 Å². The van der Waals surface area contributed by atoms with Crippen LogP contribution in [0.25, 0.3) is 0 Å². The number of hydrogen-bond donors (Lipinski definition) is 1. The second-order valence-electron chi connectivity index (χ2n) is 3.26. The molecule has 72 valence electrons. The van der Waals surface area contributed by atoms with E-state index in [2.05, 4.69) is 19.1 Å². The number of hydrogen-bond acceptors (Lipinski definition) is 1. The lowest BCUT2D eigenvalue weighted by Crippen LogP contribution is -2.09. The SMILES string of the molecule is CC.CC1c2ccccc2CC1O. The van der Waals surface area contributed by atoms with Crippen molar-refractivity contribution >= 4 is 0 Å². The zero-order valence-corrected chi connectivity index (χ0v) is 8.62. The van der Waals surface area contributed by atoms with Gasteiger partial charge >= 0.3 is 0 Å². The van der Waals surface area contributed by atoms with Crippen molar-refractivity contribution in [1.82, 2.24) is 0 Å². The number of aliphatic hydroxyl groups is 1. The van der Waals surface area contributed by atoms with Crippen LogP contribution in [-0.2, 0) is 6.42 Å². The minimum Gasteiger partial charge on any atom is -0.392 e. The monoisotopic (exact) mass is 178 g/mol. The molecule has 2 unspecified atom stereocenters. The van der Waals surface area contributed by atoms with Gasteiger partial charge in [0, 0.05) is 5.92 Å². The molecule has 13 heavy (non-hydrogen) atoms. The van der Waals surface area contributed by atoms with Gasteiger partial charge in [0.25, 0.3) is 0 Å². The third-order valence-electron chi connectivity index (χ3n) is 2.55. The van der Waals surface area contributed by atoms with Crippen LogP contribution in [0.2, 0.25) is 0 Å². The summed E-state index contributed by atoms with van der Waals surface area (Å²) in [5.41, 5.74) is 2.63. The third kappa shape index (κ3) is 1.92. The van der Waals surface area contributed by atoms with Gasteiger partial charge in [-0.25, -0.2) is 0 Å². The summed E-state index contributed by atoms with van der Waals surface area (Å²) in [5, 5.41) is 9.52. The lowest BCUT2D eigenvalue weighted by Gasteiger charge is -2.07. The molecule has 1 aliphatic carbocycles. The molecule has 1 nitrogen and oxygen atoms in total. The van der Waals surface area contributed by atoms with Crippen molar-refractivity contribution in [3.63, 3.8) is 0 Å². The fourth-order valence-corrected chi connectivity index (χ4v) is 1.77. The van der Waals surface area contributed by atoms with Gasteiger partial charge in [-0.3, -0.25) is 0 Å². The first-order valence-electron chi connectivity index (χ1n) is 5.05. The summed E-state index contributed by atoms with van der Waals surface area (Å²) in [6.45, 7) is 6.08. The van der Waals surface area contributed by atoms with Crippen molar-refractivity contribution in [2.24, 2.45) is 0 Å². The van der Waals surface area contributed by atoms with E-state index in [0.29, 0.717) is 5.92 Å². The Morgan fingerprint density at radius 1 is 1.23 bits per heavy atom. The molecule has 0 spiro atoms. The molecule has 0 fully saturated rings. The molecule has 1 N–H and O–H groups in total. The first-order chi connectivity index (χ1) is 6.29. The summed E-state index contributed by atoms with van der Waals surface area (Å²) in [6, 6.07) is 8.27. The Morgan fingerprint density at radius 3 is 2.46 bits per heavy atom. The van der Waals surface area contributed by atoms with Crippen LogP contribution in [0.15, 0.2) is 24.3 Å². The number of fused-ring (bicyclic) bond motifs is 1. The molecule has 1 aromatic carbocycles. The van der Waals surface area contributed by atoms with Crippen LogP contribution in [-0.4, -0.2) is 11.2 Å². The highest BCUT2D eigenvalue weighted by atomic mass is 16.3. The van der Waals surface area contributed by atoms with Crippen LogP contribution in [0.5, 0.6) is 0 Å². The molecule has 0 amide bonds. The quantitative estimate of drug-likeness (QED) is 0.647. The fraction of sp³-hybridized carbons (Fsp3) is 0.500. The molecule has 0 aliphatic heterocycles. The molecule has 0 saturated carbocycles. The molecule has 0 saturated heterocycles. The predicted molar refractivity (Wildman–Crippen MR) is 55.9 cm³/mol. The third-order valence-corrected chi connectivity index (χ3v) is 2.55. The zero-order chi connectivity index (χ0) is 9.84. The minimum absolute atomic E-state index is 0.160. The normalized spacial score (nSPS) is 24.6. The molecule has 0 heterocycles. The Hall–Kier alpha value is -0.820. The first-order valence-corrected chi connectivity index (χ1v) is 5.05. The number of aliphatic hydroxyl groups excluding tert-OH is 1. The van der Waals surface area contributed by atoms with E-state index in [0.717, 1.165) is 6.42 Å². The standard InChI is InChI=1S/C10H12O.C2H6/c1-7-9-5-3-2-4-8(9)6-10(7)11;1-2/h2-5,7,10-11H,6H2,1H3;1-2H3. The van der Waals surface area contributed by atoms with Crippen molar-refractivity contribution in [3.05, 3.63) is 35.4 Å². The van der Waals surface area contributed by atoms with Crippen molar-refractivity contribution in [2.45, 2.75) is 39.2 Å². The summed E-state index contributed by atoms with van der Waals surface area (Å²) >= 11 is 0. The van der Waals surface area contributed by atoms with Crippen LogP contribution in [0.1, 0.15) is 37.8 Å². The van der Waals surface area contributed by atoms with Gasteiger partial charge in [-0.1, -0.05) is 45.0 Å². The maximum absolute atomic E-state index is 9.52. The van der Waals surface area contributed by atoms with Crippen LogP contribution >= 0.6 is 0 Å². The van der Waals surface area contributed by atoms with Crippen molar-refractivity contribution < 1.29 is 5.11 Å². The van der Waals surface area contributed by atoms with E-state index in [1.807, 2.05) is 26.0 Å². The van der Waals surface area contributed by atoms with E-state index < -0.39 is 0 Å². The first kappa shape index (κ1) is 10.3. The minimum atomic E-state index is -0.160. The maximum Gasteiger partial charge on any atom is 0.0646 e. The maximum atomic E-state index is 9.52. The molecule has 0 bridgehead atoms. The van der Waals surface area contributed by atoms with Gasteiger partial charge in [0.15, 0.2) is 0 Å². The largest absolute Gasteiger partial charge is 0.392 e. The van der Waals surface area contributed by atoms with Crippen molar-refractivity contribution in [2.75, 3.05) is 0 Å². The van der Waals surface area contributed by atoms with Crippen LogP contribution in [0.3, 0.4) is 0 Å². The van der Waals surface area contributed by atoms with Crippen molar-refractivity contribution in [1.29, 1.82) is 0 Å². The molecular weight excluding hydrogens is 160 g/mol. The van der Waals surface area contributed by atoms with E-state index in [9.17, 15) is 5.11 Å². The van der Waals surface area contributed by atoms with E-state index in [1.54, 1.807) is 0 Å². The highest BCUT2D eigenvalue weighted by molar-refractivity contribution is 5.36. The summed E-state index contributed by atoms with van der Waals surface area (Å²) in [7, 11) is 0. The molecule has 0 radical (unpaired) electrons. The van der Waals surface area contributed by atoms with E-state index in [4.69, 9.17) is 0 Å². The Kier molecular flexibility index (Phi) is 3.49. The molecular formula is C12H18O. The fourth-order valence-electron chi connectivity index (χ4n) is 1.77. The van der Waals surface area contributed by atoms with Gasteiger partial charge in [-0.05, 0) is 17.5 Å². The summed E-state index contributed by atoms with van der Waals surface area (Å²) < 4.78 is 0. The highest BCUT2D eigenvalue weighted by Crippen LogP contribution is 2.32. The topological polar surface area (TPSA) is 20.2 Å². The predicted octanol–water partition coefficient (Wildman–Crippen LogP) is 2.73. The van der Waals surface area contributed by atoms with Crippen LogP contribution < -0.4 is 0 Å². The Bertz CT molecular complexity index is 268. The molecule has 2 atom stereocenters. The Balaban J connectivity index is 0.000000396. The smallest absolute Gasteiger partial charge is 0.0646 e. The van der Waals surface area contributed by atoms with Crippen LogP contribution in [0, 0.1) is 0 Å².